The first-order chi connectivity index (χ1) is 15.1. The second-order valence-corrected chi connectivity index (χ2v) is 8.11. The number of aromatic nitrogens is 5. The van der Waals surface area contributed by atoms with E-state index in [1.807, 2.05) is 25.4 Å². The Kier molecular flexibility index (Phi) is 5.15. The fraction of sp³-hybridized carbons (Fsp3) is 0.391. The molecular formula is C23H27N7O. The van der Waals surface area contributed by atoms with Crippen LogP contribution in [-0.4, -0.2) is 55.4 Å². The third-order valence-electron chi connectivity index (χ3n) is 6.05. The molecule has 0 saturated carbocycles. The molecule has 4 aromatic rings. The number of hydrogen-bond acceptors (Lipinski definition) is 6. The van der Waals surface area contributed by atoms with Crippen LogP contribution in [0, 0.1) is 0 Å². The van der Waals surface area contributed by atoms with Crippen LogP contribution in [0.3, 0.4) is 0 Å². The van der Waals surface area contributed by atoms with Crippen LogP contribution >= 0.6 is 0 Å². The van der Waals surface area contributed by atoms with Gasteiger partial charge in [0.15, 0.2) is 5.65 Å². The predicted octanol–water partition coefficient (Wildman–Crippen LogP) is 2.41. The number of nitrogens with one attached hydrogen (secondary N) is 1. The van der Waals surface area contributed by atoms with Crippen molar-refractivity contribution in [3.8, 4) is 0 Å². The molecule has 0 unspecified atom stereocenters. The molecule has 5 heterocycles. The molecule has 4 aromatic heterocycles. The Bertz CT molecular complexity index is 1280. The van der Waals surface area contributed by atoms with E-state index in [4.69, 9.17) is 0 Å². The van der Waals surface area contributed by atoms with Crippen LogP contribution in [-0.2, 0) is 19.4 Å². The quantitative estimate of drug-likeness (QED) is 0.537. The third kappa shape index (κ3) is 3.90. The molecule has 31 heavy (non-hydrogen) atoms. The van der Waals surface area contributed by atoms with Gasteiger partial charge in [0.25, 0.3) is 5.56 Å². The van der Waals surface area contributed by atoms with E-state index in [1.54, 1.807) is 0 Å². The lowest BCUT2D eigenvalue weighted by Crippen LogP contribution is -2.46. The van der Waals surface area contributed by atoms with Gasteiger partial charge in [-0.1, -0.05) is 13.8 Å². The molecular weight excluding hydrogens is 390 g/mol. The number of anilines is 1. The van der Waals surface area contributed by atoms with Gasteiger partial charge >= 0.3 is 0 Å². The molecule has 1 N–H and O–H groups in total. The number of piperazine rings is 1. The van der Waals surface area contributed by atoms with E-state index < -0.39 is 0 Å². The molecule has 8 nitrogen and oxygen atoms in total. The van der Waals surface area contributed by atoms with E-state index in [1.165, 1.54) is 0 Å². The Morgan fingerprint density at radius 1 is 1.00 bits per heavy atom. The zero-order valence-corrected chi connectivity index (χ0v) is 18.0. The van der Waals surface area contributed by atoms with Crippen molar-refractivity contribution in [3.05, 3.63) is 64.1 Å². The van der Waals surface area contributed by atoms with E-state index in [2.05, 4.69) is 59.5 Å². The van der Waals surface area contributed by atoms with Crippen LogP contribution in [0.4, 0.5) is 5.82 Å². The average molecular weight is 418 g/mol. The lowest BCUT2D eigenvalue weighted by atomic mass is 10.1. The monoisotopic (exact) mass is 417 g/mol. The second kappa shape index (κ2) is 8.11. The van der Waals surface area contributed by atoms with Crippen molar-refractivity contribution in [2.24, 2.45) is 0 Å². The molecule has 5 rings (SSSR count). The van der Waals surface area contributed by atoms with Crippen LogP contribution in [0.25, 0.3) is 16.7 Å². The lowest BCUT2D eigenvalue weighted by Gasteiger charge is -2.35. The Morgan fingerprint density at radius 2 is 1.84 bits per heavy atom. The maximum absolute atomic E-state index is 12.1. The first-order valence-corrected chi connectivity index (χ1v) is 10.9. The molecule has 8 heteroatoms. The Labute approximate surface area is 180 Å². The largest absolute Gasteiger partial charge is 0.353 e. The summed E-state index contributed by atoms with van der Waals surface area (Å²) in [5, 5.41) is 0. The molecule has 1 saturated heterocycles. The van der Waals surface area contributed by atoms with Gasteiger partial charge in [0.2, 0.25) is 0 Å². The molecule has 0 radical (unpaired) electrons. The number of H-pyrrole nitrogens is 1. The number of rotatable bonds is 5. The zero-order chi connectivity index (χ0) is 21.4. The average Bonchev–Trinajstić information content (AvgIpc) is 3.21. The minimum absolute atomic E-state index is 0.0176. The van der Waals surface area contributed by atoms with Crippen molar-refractivity contribution in [3.63, 3.8) is 0 Å². The van der Waals surface area contributed by atoms with Crippen LogP contribution in [0.2, 0.25) is 0 Å². The smallest absolute Gasteiger partial charge is 0.251 e. The Hall–Kier alpha value is -3.26. The molecule has 160 valence electrons. The fourth-order valence-electron chi connectivity index (χ4n) is 4.18. The third-order valence-corrected chi connectivity index (χ3v) is 6.05. The highest BCUT2D eigenvalue weighted by atomic mass is 16.1. The van der Waals surface area contributed by atoms with Gasteiger partial charge in [-0.05, 0) is 30.5 Å². The summed E-state index contributed by atoms with van der Waals surface area (Å²) in [6.07, 6.45) is 9.57. The van der Waals surface area contributed by atoms with Gasteiger partial charge in [-0.3, -0.25) is 14.7 Å². The minimum atomic E-state index is -0.0176. The number of aryl methyl sites for hydroxylation is 2. The van der Waals surface area contributed by atoms with Crippen molar-refractivity contribution in [2.75, 3.05) is 31.1 Å². The number of pyridine rings is 2. The van der Waals surface area contributed by atoms with Crippen molar-refractivity contribution in [1.29, 1.82) is 0 Å². The maximum Gasteiger partial charge on any atom is 0.251 e. The van der Waals surface area contributed by atoms with Gasteiger partial charge in [-0.2, -0.15) is 0 Å². The first kappa shape index (κ1) is 19.7. The highest BCUT2D eigenvalue weighted by Crippen LogP contribution is 2.18. The van der Waals surface area contributed by atoms with Crippen LogP contribution in [0.15, 0.2) is 41.7 Å². The van der Waals surface area contributed by atoms with Gasteiger partial charge in [-0.25, -0.2) is 9.97 Å². The topological polar surface area (TPSA) is 82.4 Å². The van der Waals surface area contributed by atoms with Crippen LogP contribution in [0.1, 0.15) is 30.7 Å². The predicted molar refractivity (Wildman–Crippen MR) is 122 cm³/mol. The molecule has 1 fully saturated rings. The van der Waals surface area contributed by atoms with Crippen LogP contribution < -0.4 is 10.5 Å². The highest BCUT2D eigenvalue weighted by molar-refractivity contribution is 5.74. The fourth-order valence-corrected chi connectivity index (χ4v) is 4.18. The number of imidazole rings is 1. The minimum Gasteiger partial charge on any atom is -0.353 e. The van der Waals surface area contributed by atoms with Crippen molar-refractivity contribution in [2.45, 2.75) is 33.2 Å². The maximum atomic E-state index is 12.1. The van der Waals surface area contributed by atoms with Gasteiger partial charge < -0.3 is 14.3 Å². The summed E-state index contributed by atoms with van der Waals surface area (Å²) < 4.78 is 2.07. The molecule has 0 bridgehead atoms. The second-order valence-electron chi connectivity index (χ2n) is 8.11. The highest BCUT2D eigenvalue weighted by Gasteiger charge is 2.19. The Morgan fingerprint density at radius 3 is 2.61 bits per heavy atom. The standard InChI is InChI=1S/C23H27N7O/c1-3-17-10-19-20(27-23(17)31)9-16(11-24-19)13-28-5-7-29(8-6-28)22-15-30-14-18(4-2)26-21(30)12-25-22/h9-12,14-15H,3-8,13H2,1-2H3,(H,27,31). The summed E-state index contributed by atoms with van der Waals surface area (Å²) in [5.41, 5.74) is 5.51. The summed E-state index contributed by atoms with van der Waals surface area (Å²) in [6.45, 7) is 8.66. The number of fused-ring (bicyclic) bond motifs is 2. The van der Waals surface area contributed by atoms with Gasteiger partial charge in [0.05, 0.1) is 29.1 Å². The Balaban J connectivity index is 1.26. The summed E-state index contributed by atoms with van der Waals surface area (Å²) in [5.74, 6) is 0.990. The molecule has 0 amide bonds. The number of hydrogen-bond donors (Lipinski definition) is 1. The molecule has 1 aliphatic rings. The van der Waals surface area contributed by atoms with Gasteiger partial charge in [-0.15, -0.1) is 0 Å². The molecule has 0 aliphatic carbocycles. The van der Waals surface area contributed by atoms with Gasteiger partial charge in [0, 0.05) is 50.7 Å². The summed E-state index contributed by atoms with van der Waals surface area (Å²) >= 11 is 0. The van der Waals surface area contributed by atoms with E-state index in [0.717, 1.165) is 78.5 Å². The lowest BCUT2D eigenvalue weighted by molar-refractivity contribution is 0.249. The van der Waals surface area contributed by atoms with Crippen molar-refractivity contribution < 1.29 is 0 Å². The summed E-state index contributed by atoms with van der Waals surface area (Å²) in [6, 6.07) is 3.94. The first-order valence-electron chi connectivity index (χ1n) is 10.9. The van der Waals surface area contributed by atoms with E-state index in [9.17, 15) is 4.79 Å². The summed E-state index contributed by atoms with van der Waals surface area (Å²) in [7, 11) is 0. The van der Waals surface area contributed by atoms with Crippen molar-refractivity contribution in [1.82, 2.24) is 29.2 Å². The normalized spacial score (nSPS) is 15.2. The summed E-state index contributed by atoms with van der Waals surface area (Å²) in [4.78, 5) is 33.6. The molecule has 0 atom stereocenters. The molecule has 1 aliphatic heterocycles. The van der Waals surface area contributed by atoms with E-state index in [0.29, 0.717) is 6.42 Å². The number of aromatic amines is 1. The molecule has 0 aromatic carbocycles. The SMILES string of the molecule is CCc1cn2cc(N3CCN(Cc4cnc5cc(CC)c(=O)[nH]c5c4)CC3)ncc2n1. The number of nitrogens with zero attached hydrogens (tertiary/aromatic N) is 6. The molecule has 0 spiro atoms. The van der Waals surface area contributed by atoms with E-state index in [-0.39, 0.29) is 5.56 Å². The van der Waals surface area contributed by atoms with Gasteiger partial charge in [0.1, 0.15) is 5.82 Å². The van der Waals surface area contributed by atoms with Crippen molar-refractivity contribution >= 4 is 22.5 Å². The van der Waals surface area contributed by atoms with Crippen LogP contribution in [0.5, 0.6) is 0 Å². The van der Waals surface area contributed by atoms with E-state index >= 15 is 0 Å². The zero-order valence-electron chi connectivity index (χ0n) is 18.0.